The van der Waals surface area contributed by atoms with Crippen molar-refractivity contribution in [2.24, 2.45) is 29.6 Å². The highest BCUT2D eigenvalue weighted by Crippen LogP contribution is 2.56. The van der Waals surface area contributed by atoms with Crippen LogP contribution in [0.25, 0.3) is 0 Å². The van der Waals surface area contributed by atoms with Gasteiger partial charge in [-0.2, -0.15) is 0 Å². The molecule has 3 fully saturated rings. The SMILES string of the molecule is CC(CC(=O)O)C1CCCN(C(=O)C2C3CCCCC32)C1. The lowest BCUT2D eigenvalue weighted by atomic mass is 9.84. The third kappa shape index (κ3) is 3.09. The van der Waals surface area contributed by atoms with E-state index < -0.39 is 5.97 Å². The predicted octanol–water partition coefficient (Wildman–Crippen LogP) is 2.77. The number of carboxylic acids is 1. The second-order valence-corrected chi connectivity index (χ2v) is 7.40. The number of hydrogen-bond donors (Lipinski definition) is 1. The molecule has 0 bridgehead atoms. The van der Waals surface area contributed by atoms with Crippen LogP contribution in [0.3, 0.4) is 0 Å². The lowest BCUT2D eigenvalue weighted by molar-refractivity contribution is -0.139. The molecule has 1 amide bonds. The van der Waals surface area contributed by atoms with E-state index in [0.717, 1.165) is 25.9 Å². The van der Waals surface area contributed by atoms with Crippen LogP contribution >= 0.6 is 0 Å². The fourth-order valence-corrected chi connectivity index (χ4v) is 4.69. The smallest absolute Gasteiger partial charge is 0.303 e. The summed E-state index contributed by atoms with van der Waals surface area (Å²) in [5.41, 5.74) is 0. The summed E-state index contributed by atoms with van der Waals surface area (Å²) in [6.07, 6.45) is 7.40. The molecule has 1 heterocycles. The van der Waals surface area contributed by atoms with E-state index in [1.54, 1.807) is 0 Å². The molecule has 2 saturated carbocycles. The largest absolute Gasteiger partial charge is 0.481 e. The zero-order chi connectivity index (χ0) is 15.0. The number of hydrogen-bond acceptors (Lipinski definition) is 2. The average Bonchev–Trinajstić information content (AvgIpc) is 3.20. The van der Waals surface area contributed by atoms with E-state index in [2.05, 4.69) is 4.90 Å². The number of nitrogens with zero attached hydrogens (tertiary/aromatic N) is 1. The second-order valence-electron chi connectivity index (χ2n) is 7.40. The maximum Gasteiger partial charge on any atom is 0.303 e. The van der Waals surface area contributed by atoms with Gasteiger partial charge < -0.3 is 10.0 Å². The van der Waals surface area contributed by atoms with Crippen LogP contribution in [-0.4, -0.2) is 35.0 Å². The molecule has 1 aliphatic heterocycles. The van der Waals surface area contributed by atoms with Crippen molar-refractivity contribution in [1.82, 2.24) is 4.90 Å². The number of aliphatic carboxylic acids is 1. The van der Waals surface area contributed by atoms with Gasteiger partial charge in [0.05, 0.1) is 0 Å². The van der Waals surface area contributed by atoms with Gasteiger partial charge in [0.25, 0.3) is 0 Å². The molecule has 0 aromatic carbocycles. The van der Waals surface area contributed by atoms with E-state index in [4.69, 9.17) is 5.11 Å². The Labute approximate surface area is 126 Å². The summed E-state index contributed by atoms with van der Waals surface area (Å²) in [5, 5.41) is 8.95. The van der Waals surface area contributed by atoms with E-state index in [1.807, 2.05) is 6.92 Å². The molecule has 1 N–H and O–H groups in total. The Bertz CT molecular complexity index is 410. The van der Waals surface area contributed by atoms with E-state index in [0.29, 0.717) is 29.6 Å². The van der Waals surface area contributed by atoms with Crippen LogP contribution in [0.4, 0.5) is 0 Å². The number of carboxylic acid groups (broad SMARTS) is 1. The molecule has 0 aromatic heterocycles. The molecule has 0 radical (unpaired) electrons. The fraction of sp³-hybridized carbons (Fsp3) is 0.882. The highest BCUT2D eigenvalue weighted by atomic mass is 16.4. The van der Waals surface area contributed by atoms with Crippen molar-refractivity contribution in [3.63, 3.8) is 0 Å². The van der Waals surface area contributed by atoms with Gasteiger partial charge in [-0.15, -0.1) is 0 Å². The van der Waals surface area contributed by atoms with Crippen LogP contribution in [0.1, 0.15) is 51.9 Å². The van der Waals surface area contributed by atoms with E-state index in [9.17, 15) is 9.59 Å². The normalized spacial score (nSPS) is 36.7. The summed E-state index contributed by atoms with van der Waals surface area (Å²) in [7, 11) is 0. The molecule has 2 aliphatic carbocycles. The fourth-order valence-electron chi connectivity index (χ4n) is 4.69. The predicted molar refractivity (Wildman–Crippen MR) is 79.7 cm³/mol. The molecule has 4 nitrogen and oxygen atoms in total. The van der Waals surface area contributed by atoms with Crippen molar-refractivity contribution < 1.29 is 14.7 Å². The standard InChI is InChI=1S/C17H27NO3/c1-11(9-15(19)20)12-5-4-8-18(10-12)17(21)16-13-6-2-3-7-14(13)16/h11-14,16H,2-10H2,1H3,(H,19,20). The monoisotopic (exact) mass is 293 g/mol. The van der Waals surface area contributed by atoms with Crippen LogP contribution in [-0.2, 0) is 9.59 Å². The first-order valence-corrected chi connectivity index (χ1v) is 8.58. The van der Waals surface area contributed by atoms with Crippen molar-refractivity contribution in [3.8, 4) is 0 Å². The zero-order valence-corrected chi connectivity index (χ0v) is 13.0. The summed E-state index contributed by atoms with van der Waals surface area (Å²) in [6, 6.07) is 0. The van der Waals surface area contributed by atoms with Crippen molar-refractivity contribution in [3.05, 3.63) is 0 Å². The molecule has 4 heteroatoms. The van der Waals surface area contributed by atoms with Gasteiger partial charge in [-0.3, -0.25) is 9.59 Å². The van der Waals surface area contributed by atoms with Crippen molar-refractivity contribution in [2.75, 3.05) is 13.1 Å². The number of carbonyl (C=O) groups excluding carboxylic acids is 1. The number of rotatable bonds is 4. The Morgan fingerprint density at radius 3 is 2.43 bits per heavy atom. The van der Waals surface area contributed by atoms with Crippen molar-refractivity contribution in [1.29, 1.82) is 0 Å². The van der Waals surface area contributed by atoms with Gasteiger partial charge >= 0.3 is 5.97 Å². The molecular formula is C17H27NO3. The zero-order valence-electron chi connectivity index (χ0n) is 13.0. The number of piperidine rings is 1. The molecular weight excluding hydrogens is 266 g/mol. The Hall–Kier alpha value is -1.06. The van der Waals surface area contributed by atoms with Gasteiger partial charge in [0.2, 0.25) is 5.91 Å². The molecule has 1 saturated heterocycles. The highest BCUT2D eigenvalue weighted by molar-refractivity contribution is 5.82. The van der Waals surface area contributed by atoms with Crippen LogP contribution < -0.4 is 0 Å². The summed E-state index contributed by atoms with van der Waals surface area (Å²) >= 11 is 0. The van der Waals surface area contributed by atoms with Crippen molar-refractivity contribution >= 4 is 11.9 Å². The van der Waals surface area contributed by atoms with Gasteiger partial charge in [-0.05, 0) is 49.4 Å². The summed E-state index contributed by atoms with van der Waals surface area (Å²) in [4.78, 5) is 25.7. The Balaban J connectivity index is 1.56. The van der Waals surface area contributed by atoms with E-state index >= 15 is 0 Å². The van der Waals surface area contributed by atoms with E-state index in [-0.39, 0.29) is 12.3 Å². The molecule has 4 unspecified atom stereocenters. The third-order valence-corrected chi connectivity index (χ3v) is 6.01. The molecule has 4 atom stereocenters. The summed E-state index contributed by atoms with van der Waals surface area (Å²) in [6.45, 7) is 3.68. The Morgan fingerprint density at radius 1 is 1.14 bits per heavy atom. The third-order valence-electron chi connectivity index (χ3n) is 6.01. The second kappa shape index (κ2) is 5.98. The van der Waals surface area contributed by atoms with Crippen LogP contribution in [0, 0.1) is 29.6 Å². The van der Waals surface area contributed by atoms with Crippen LogP contribution in [0.15, 0.2) is 0 Å². The summed E-state index contributed by atoms with van der Waals surface area (Å²) in [5.74, 6) is 1.82. The number of carbonyl (C=O) groups is 2. The maximum absolute atomic E-state index is 12.7. The van der Waals surface area contributed by atoms with Gasteiger partial charge in [-0.1, -0.05) is 19.8 Å². The molecule has 0 spiro atoms. The van der Waals surface area contributed by atoms with Gasteiger partial charge in [0.1, 0.15) is 0 Å². The Morgan fingerprint density at radius 2 is 1.81 bits per heavy atom. The number of amides is 1. The topological polar surface area (TPSA) is 57.6 Å². The maximum atomic E-state index is 12.7. The van der Waals surface area contributed by atoms with Gasteiger partial charge in [-0.25, -0.2) is 0 Å². The first kappa shape index (κ1) is 14.9. The summed E-state index contributed by atoms with van der Waals surface area (Å²) < 4.78 is 0. The molecule has 3 rings (SSSR count). The molecule has 3 aliphatic rings. The van der Waals surface area contributed by atoms with Crippen LogP contribution in [0.5, 0.6) is 0 Å². The minimum atomic E-state index is -0.723. The number of likely N-dealkylation sites (tertiary alicyclic amines) is 1. The first-order chi connectivity index (χ1) is 10.1. The minimum Gasteiger partial charge on any atom is -0.481 e. The molecule has 118 valence electrons. The first-order valence-electron chi connectivity index (χ1n) is 8.58. The Kier molecular flexibility index (Phi) is 4.23. The highest BCUT2D eigenvalue weighted by Gasteiger charge is 2.56. The number of fused-ring (bicyclic) bond motifs is 1. The lowest BCUT2D eigenvalue weighted by Gasteiger charge is -2.35. The van der Waals surface area contributed by atoms with Gasteiger partial charge in [0.15, 0.2) is 0 Å². The van der Waals surface area contributed by atoms with Crippen molar-refractivity contribution in [2.45, 2.75) is 51.9 Å². The minimum absolute atomic E-state index is 0.166. The van der Waals surface area contributed by atoms with Crippen LogP contribution in [0.2, 0.25) is 0 Å². The quantitative estimate of drug-likeness (QED) is 0.867. The lowest BCUT2D eigenvalue weighted by Crippen LogP contribution is -2.43. The van der Waals surface area contributed by atoms with Gasteiger partial charge in [0, 0.05) is 25.4 Å². The molecule has 21 heavy (non-hydrogen) atoms. The average molecular weight is 293 g/mol. The van der Waals surface area contributed by atoms with E-state index in [1.165, 1.54) is 25.7 Å². The molecule has 0 aromatic rings.